The number of likely N-dealkylation sites (N-methyl/N-ethyl adjacent to an activating group) is 1. The third-order valence-corrected chi connectivity index (χ3v) is 4.74. The quantitative estimate of drug-likeness (QED) is 0.820. The van der Waals surface area contributed by atoms with Crippen molar-refractivity contribution in [2.75, 3.05) is 45.3 Å². The maximum Gasteiger partial charge on any atom is 0.222 e. The van der Waals surface area contributed by atoms with Gasteiger partial charge in [-0.25, -0.2) is 4.98 Å². The van der Waals surface area contributed by atoms with E-state index in [-0.39, 0.29) is 12.1 Å². The second kappa shape index (κ2) is 7.88. The lowest BCUT2D eigenvalue weighted by molar-refractivity contribution is 0.0473. The highest BCUT2D eigenvalue weighted by molar-refractivity contribution is 5.78. The minimum absolute atomic E-state index is 0.262. The molecule has 0 aliphatic carbocycles. The van der Waals surface area contributed by atoms with E-state index in [4.69, 9.17) is 15.2 Å². The first kappa shape index (κ1) is 18.4. The first-order valence-electron chi connectivity index (χ1n) is 8.81. The van der Waals surface area contributed by atoms with E-state index in [0.29, 0.717) is 12.4 Å². The summed E-state index contributed by atoms with van der Waals surface area (Å²) in [6, 6.07) is 6.05. The maximum absolute atomic E-state index is 6.11. The maximum atomic E-state index is 6.11. The molecule has 0 bridgehead atoms. The van der Waals surface area contributed by atoms with Crippen LogP contribution in [-0.2, 0) is 11.3 Å². The lowest BCUT2D eigenvalue weighted by Crippen LogP contribution is -2.19. The van der Waals surface area contributed by atoms with Crippen molar-refractivity contribution in [3.8, 4) is 16.9 Å². The average molecular weight is 357 g/mol. The van der Waals surface area contributed by atoms with Crippen molar-refractivity contribution >= 4 is 11.8 Å². The molecule has 1 saturated heterocycles. The number of ether oxygens (including phenoxy) is 2. The van der Waals surface area contributed by atoms with Gasteiger partial charge in [0, 0.05) is 31.3 Å². The lowest BCUT2D eigenvalue weighted by atomic mass is 10.0. The van der Waals surface area contributed by atoms with Crippen LogP contribution >= 0.6 is 0 Å². The molecule has 2 heterocycles. The fourth-order valence-electron chi connectivity index (χ4n) is 3.41. The Kier molecular flexibility index (Phi) is 5.58. The summed E-state index contributed by atoms with van der Waals surface area (Å²) < 4.78 is 11.6. The van der Waals surface area contributed by atoms with Gasteiger partial charge >= 0.3 is 0 Å². The number of benzene rings is 1. The number of nitrogens with zero attached hydrogens (tertiary/aromatic N) is 3. The van der Waals surface area contributed by atoms with Crippen molar-refractivity contribution in [1.82, 2.24) is 14.9 Å². The number of aromatic nitrogens is 2. The van der Waals surface area contributed by atoms with Gasteiger partial charge in [-0.15, -0.1) is 0 Å². The van der Waals surface area contributed by atoms with Gasteiger partial charge in [0.25, 0.3) is 0 Å². The number of nitrogens with one attached hydrogen (secondary N) is 1. The molecule has 26 heavy (non-hydrogen) atoms. The van der Waals surface area contributed by atoms with Crippen LogP contribution in [-0.4, -0.2) is 55.3 Å². The zero-order chi connectivity index (χ0) is 18.7. The van der Waals surface area contributed by atoms with Gasteiger partial charge in [-0.3, -0.25) is 0 Å². The molecule has 7 nitrogen and oxygen atoms in total. The van der Waals surface area contributed by atoms with E-state index in [0.717, 1.165) is 47.6 Å². The molecule has 7 heteroatoms. The smallest absolute Gasteiger partial charge is 0.222 e. The van der Waals surface area contributed by atoms with E-state index in [9.17, 15) is 0 Å². The van der Waals surface area contributed by atoms with Crippen LogP contribution in [0.4, 0.5) is 11.8 Å². The van der Waals surface area contributed by atoms with Gasteiger partial charge in [0.05, 0.1) is 25.5 Å². The summed E-state index contributed by atoms with van der Waals surface area (Å²) in [5.74, 6) is 1.79. The Balaban J connectivity index is 1.90. The van der Waals surface area contributed by atoms with Crippen molar-refractivity contribution in [3.05, 3.63) is 29.5 Å². The largest absolute Gasteiger partial charge is 0.496 e. The number of nitrogen functional groups attached to an aromatic ring is 1. The van der Waals surface area contributed by atoms with Gasteiger partial charge < -0.3 is 25.4 Å². The van der Waals surface area contributed by atoms with E-state index in [1.54, 1.807) is 7.11 Å². The molecule has 1 aliphatic heterocycles. The number of methoxy groups -OCH3 is 1. The third-order valence-electron chi connectivity index (χ3n) is 4.74. The van der Waals surface area contributed by atoms with Gasteiger partial charge in [0.1, 0.15) is 11.6 Å². The van der Waals surface area contributed by atoms with Crippen molar-refractivity contribution < 1.29 is 9.47 Å². The Morgan fingerprint density at radius 1 is 1.35 bits per heavy atom. The van der Waals surface area contributed by atoms with Gasteiger partial charge in [-0.2, -0.15) is 4.98 Å². The van der Waals surface area contributed by atoms with Crippen molar-refractivity contribution in [3.63, 3.8) is 0 Å². The van der Waals surface area contributed by atoms with Gasteiger partial charge in [0.2, 0.25) is 5.95 Å². The van der Waals surface area contributed by atoms with Crippen molar-refractivity contribution in [1.29, 1.82) is 0 Å². The average Bonchev–Trinajstić information content (AvgIpc) is 3.04. The second-order valence-corrected chi connectivity index (χ2v) is 6.65. The molecule has 1 atom stereocenters. The molecule has 140 valence electrons. The van der Waals surface area contributed by atoms with Crippen molar-refractivity contribution in [2.24, 2.45) is 0 Å². The van der Waals surface area contributed by atoms with Crippen LogP contribution in [0.1, 0.15) is 17.7 Å². The summed E-state index contributed by atoms with van der Waals surface area (Å²) in [5, 5.41) is 3.11. The Morgan fingerprint density at radius 2 is 2.15 bits per heavy atom. The van der Waals surface area contributed by atoms with Gasteiger partial charge in [-0.1, -0.05) is 6.07 Å². The summed E-state index contributed by atoms with van der Waals surface area (Å²) in [7, 11) is 5.63. The van der Waals surface area contributed by atoms with Crippen LogP contribution in [0.25, 0.3) is 11.1 Å². The van der Waals surface area contributed by atoms with Gasteiger partial charge in [-0.05, 0) is 38.1 Å². The first-order chi connectivity index (χ1) is 12.5. The molecule has 3 rings (SSSR count). The predicted molar refractivity (Wildman–Crippen MR) is 103 cm³/mol. The molecule has 3 N–H and O–H groups in total. The highest BCUT2D eigenvalue weighted by Crippen LogP contribution is 2.33. The lowest BCUT2D eigenvalue weighted by Gasteiger charge is -2.17. The number of aryl methyl sites for hydroxylation is 1. The first-order valence-corrected chi connectivity index (χ1v) is 8.81. The molecule has 0 saturated carbocycles. The summed E-state index contributed by atoms with van der Waals surface area (Å²) in [4.78, 5) is 10.9. The van der Waals surface area contributed by atoms with Crippen LogP contribution in [0, 0.1) is 6.92 Å². The molecule has 2 aromatic rings. The fraction of sp³-hybridized carbons (Fsp3) is 0.474. The minimum Gasteiger partial charge on any atom is -0.496 e. The van der Waals surface area contributed by atoms with Gasteiger partial charge in [0.15, 0.2) is 0 Å². The molecule has 1 aliphatic rings. The highest BCUT2D eigenvalue weighted by Gasteiger charge is 2.21. The highest BCUT2D eigenvalue weighted by atomic mass is 16.5. The second-order valence-electron chi connectivity index (χ2n) is 6.65. The molecule has 0 spiro atoms. The molecule has 0 amide bonds. The molecular weight excluding hydrogens is 330 g/mol. The Bertz CT molecular complexity index is 781. The molecule has 1 unspecified atom stereocenters. The molecular formula is C19H27N5O2. The monoisotopic (exact) mass is 357 g/mol. The van der Waals surface area contributed by atoms with Crippen LogP contribution < -0.4 is 15.8 Å². The van der Waals surface area contributed by atoms with Crippen molar-refractivity contribution in [2.45, 2.75) is 26.1 Å². The minimum atomic E-state index is 0.262. The number of hydrogen-bond donors (Lipinski definition) is 2. The number of rotatable bonds is 6. The third kappa shape index (κ3) is 3.89. The van der Waals surface area contributed by atoms with E-state index >= 15 is 0 Å². The van der Waals surface area contributed by atoms with E-state index in [1.165, 1.54) is 0 Å². The van der Waals surface area contributed by atoms with Crippen LogP contribution in [0.5, 0.6) is 5.75 Å². The zero-order valence-electron chi connectivity index (χ0n) is 15.9. The van der Waals surface area contributed by atoms with Crippen LogP contribution in [0.15, 0.2) is 18.2 Å². The molecule has 1 fully saturated rings. The fourth-order valence-corrected chi connectivity index (χ4v) is 3.41. The number of hydrogen-bond acceptors (Lipinski definition) is 7. The molecule has 1 aromatic heterocycles. The number of likely N-dealkylation sites (tertiary alicyclic amines) is 1. The topological polar surface area (TPSA) is 85.5 Å². The summed E-state index contributed by atoms with van der Waals surface area (Å²) in [5.41, 5.74) is 9.57. The van der Waals surface area contributed by atoms with E-state index in [2.05, 4.69) is 33.3 Å². The number of nitrogens with two attached hydrogens (primary N) is 1. The predicted octanol–water partition coefficient (Wildman–Crippen LogP) is 2.31. The Hall–Kier alpha value is -2.38. The SMILES string of the molecule is CNc1nc(N)nc(C)c1-c1ccc(OC)c(COC2CCN(C)C2)c1. The summed E-state index contributed by atoms with van der Waals surface area (Å²) in [6.07, 6.45) is 1.33. The standard InChI is InChI=1S/C19H27N5O2/c1-12-17(18(21-2)23-19(20)22-12)13-5-6-16(25-4)14(9-13)11-26-15-7-8-24(3)10-15/h5-6,9,15H,7-8,10-11H2,1-4H3,(H3,20,21,22,23). The molecule has 1 aromatic carbocycles. The zero-order valence-corrected chi connectivity index (χ0v) is 15.9. The summed E-state index contributed by atoms with van der Waals surface area (Å²) in [6.45, 7) is 4.49. The summed E-state index contributed by atoms with van der Waals surface area (Å²) >= 11 is 0. The van der Waals surface area contributed by atoms with E-state index in [1.807, 2.05) is 26.1 Å². The van der Waals surface area contributed by atoms with E-state index < -0.39 is 0 Å². The Labute approximate surface area is 154 Å². The van der Waals surface area contributed by atoms with Crippen LogP contribution in [0.2, 0.25) is 0 Å². The number of anilines is 2. The normalized spacial score (nSPS) is 17.5. The molecule has 0 radical (unpaired) electrons. The Morgan fingerprint density at radius 3 is 2.81 bits per heavy atom. The van der Waals surface area contributed by atoms with Crippen LogP contribution in [0.3, 0.4) is 0 Å².